The minimum atomic E-state index is -0.595. The molecule has 0 aliphatic carbocycles. The molecule has 1 aliphatic rings. The smallest absolute Gasteiger partial charge is 0.211 e. The van der Waals surface area contributed by atoms with Crippen molar-refractivity contribution < 1.29 is 4.74 Å². The van der Waals surface area contributed by atoms with Gasteiger partial charge in [0.25, 0.3) is 0 Å². The number of ether oxygens (including phenoxy) is 1. The number of fused-ring (bicyclic) bond motifs is 1. The molecular weight excluding hydrogens is 382 g/mol. The monoisotopic (exact) mass is 401 g/mol. The molecule has 10 nitrogen and oxygen atoms in total. The van der Waals surface area contributed by atoms with Crippen LogP contribution in [0.3, 0.4) is 0 Å². The molecule has 0 bridgehead atoms. The first kappa shape index (κ1) is 20.2. The number of aromatic nitrogens is 1. The molecule has 150 valence electrons. The lowest BCUT2D eigenvalue weighted by molar-refractivity contribution is 0.307. The summed E-state index contributed by atoms with van der Waals surface area (Å²) in [5.41, 5.74) is 13.6. The lowest BCUT2D eigenvalue weighted by Crippen LogP contribution is -2.32. The van der Waals surface area contributed by atoms with Crippen LogP contribution in [0.5, 0.6) is 5.75 Å². The normalized spacial score (nSPS) is 14.2. The molecular formula is C20H19N9O. The topological polar surface area (TPSA) is 182 Å². The van der Waals surface area contributed by atoms with Crippen molar-refractivity contribution >= 4 is 23.3 Å². The van der Waals surface area contributed by atoms with Crippen molar-refractivity contribution in [3.8, 4) is 24.1 Å². The highest BCUT2D eigenvalue weighted by Crippen LogP contribution is 2.40. The van der Waals surface area contributed by atoms with Crippen molar-refractivity contribution in [2.45, 2.75) is 25.3 Å². The number of guanidine groups is 1. The van der Waals surface area contributed by atoms with Gasteiger partial charge in [0.1, 0.15) is 35.1 Å². The first-order valence-electron chi connectivity index (χ1n) is 9.17. The zero-order valence-corrected chi connectivity index (χ0v) is 16.0. The number of anilines is 3. The molecule has 0 fully saturated rings. The first-order valence-corrected chi connectivity index (χ1v) is 9.17. The standard InChI is InChI=1S/C20H19N9O/c21-8-2-1-3-9-30-13-6-4-12(5-7-13)17-15-16(24)14(10-22)18(25)28-19(15)29-20(27-17)26-11-23/h4-7,17H,1-3,9H2,(H6,24,25,26,27,28,29). The van der Waals surface area contributed by atoms with E-state index in [2.05, 4.69) is 26.7 Å². The Morgan fingerprint density at radius 1 is 1.13 bits per heavy atom. The molecule has 1 unspecified atom stereocenters. The zero-order valence-electron chi connectivity index (χ0n) is 16.0. The fraction of sp³-hybridized carbons (Fsp3) is 0.250. The van der Waals surface area contributed by atoms with Gasteiger partial charge in [0.15, 0.2) is 6.19 Å². The molecule has 30 heavy (non-hydrogen) atoms. The minimum Gasteiger partial charge on any atom is -0.494 e. The van der Waals surface area contributed by atoms with Crippen LogP contribution in [0.4, 0.5) is 17.3 Å². The summed E-state index contributed by atoms with van der Waals surface area (Å²) < 4.78 is 5.69. The van der Waals surface area contributed by atoms with Crippen LogP contribution < -0.4 is 26.8 Å². The van der Waals surface area contributed by atoms with Crippen LogP contribution in [-0.4, -0.2) is 17.6 Å². The number of benzene rings is 1. The minimum absolute atomic E-state index is 0.00152. The Kier molecular flexibility index (Phi) is 6.17. The molecule has 1 aliphatic heterocycles. The van der Waals surface area contributed by atoms with E-state index in [-0.39, 0.29) is 23.0 Å². The number of unbranched alkanes of at least 4 members (excludes halogenated alkanes) is 2. The van der Waals surface area contributed by atoms with Gasteiger partial charge >= 0.3 is 0 Å². The van der Waals surface area contributed by atoms with Gasteiger partial charge in [-0.15, -0.1) is 0 Å². The van der Waals surface area contributed by atoms with Crippen molar-refractivity contribution in [1.29, 1.82) is 15.8 Å². The number of nitrogens with zero attached hydrogens (tertiary/aromatic N) is 5. The number of hydrogen-bond acceptors (Lipinski definition) is 10. The first-order chi connectivity index (χ1) is 14.6. The molecule has 0 saturated carbocycles. The Morgan fingerprint density at radius 3 is 2.57 bits per heavy atom. The second-order valence-electron chi connectivity index (χ2n) is 6.43. The van der Waals surface area contributed by atoms with Crippen molar-refractivity contribution in [2.24, 2.45) is 4.99 Å². The Hall–Kier alpha value is -4.49. The lowest BCUT2D eigenvalue weighted by Gasteiger charge is -2.26. The predicted molar refractivity (Wildman–Crippen MR) is 111 cm³/mol. The fourth-order valence-electron chi connectivity index (χ4n) is 3.06. The summed E-state index contributed by atoms with van der Waals surface area (Å²) in [6, 6.07) is 10.8. The Bertz CT molecular complexity index is 1090. The van der Waals surface area contributed by atoms with Crippen molar-refractivity contribution in [3.63, 3.8) is 0 Å². The predicted octanol–water partition coefficient (Wildman–Crippen LogP) is 2.13. The van der Waals surface area contributed by atoms with Crippen LogP contribution in [0.15, 0.2) is 29.3 Å². The Balaban J connectivity index is 1.90. The molecule has 1 aromatic carbocycles. The van der Waals surface area contributed by atoms with Gasteiger partial charge in [-0.3, -0.25) is 5.32 Å². The maximum atomic E-state index is 9.37. The maximum absolute atomic E-state index is 9.37. The zero-order chi connectivity index (χ0) is 21.5. The van der Waals surface area contributed by atoms with Crippen LogP contribution in [0.1, 0.15) is 42.0 Å². The molecule has 2 heterocycles. The average molecular weight is 401 g/mol. The maximum Gasteiger partial charge on any atom is 0.211 e. The molecule has 1 aromatic heterocycles. The van der Waals surface area contributed by atoms with E-state index in [1.807, 2.05) is 24.4 Å². The number of rotatable bonds is 6. The van der Waals surface area contributed by atoms with Crippen molar-refractivity contribution in [1.82, 2.24) is 10.3 Å². The molecule has 2 aromatic rings. The van der Waals surface area contributed by atoms with Gasteiger partial charge in [-0.25, -0.2) is 9.98 Å². The van der Waals surface area contributed by atoms with Crippen LogP contribution in [-0.2, 0) is 0 Å². The van der Waals surface area contributed by atoms with Crippen LogP contribution in [0.25, 0.3) is 0 Å². The number of nitriles is 3. The van der Waals surface area contributed by atoms with Crippen molar-refractivity contribution in [3.05, 3.63) is 41.0 Å². The summed E-state index contributed by atoms with van der Waals surface area (Å²) >= 11 is 0. The second-order valence-corrected chi connectivity index (χ2v) is 6.43. The van der Waals surface area contributed by atoms with Crippen LogP contribution in [0.2, 0.25) is 0 Å². The summed E-state index contributed by atoms with van der Waals surface area (Å²) in [4.78, 5) is 8.73. The molecule has 1 atom stereocenters. The summed E-state index contributed by atoms with van der Waals surface area (Å²) in [6.45, 7) is 0.521. The van der Waals surface area contributed by atoms with Gasteiger partial charge < -0.3 is 21.5 Å². The highest BCUT2D eigenvalue weighted by molar-refractivity contribution is 5.98. The number of pyridine rings is 1. The van der Waals surface area contributed by atoms with Gasteiger partial charge in [0, 0.05) is 12.0 Å². The number of nitrogens with one attached hydrogen (secondary N) is 2. The Labute approximate surface area is 173 Å². The molecule has 0 amide bonds. The van der Waals surface area contributed by atoms with Gasteiger partial charge in [-0.05, 0) is 30.5 Å². The number of nitrogens with two attached hydrogens (primary N) is 2. The van der Waals surface area contributed by atoms with Gasteiger partial charge in [0.2, 0.25) is 5.96 Å². The third-order valence-electron chi connectivity index (χ3n) is 4.51. The third-order valence-corrected chi connectivity index (χ3v) is 4.51. The van der Waals surface area contributed by atoms with E-state index in [1.54, 1.807) is 12.1 Å². The van der Waals surface area contributed by atoms with E-state index in [0.717, 1.165) is 18.4 Å². The summed E-state index contributed by atoms with van der Waals surface area (Å²) in [7, 11) is 0. The highest BCUT2D eigenvalue weighted by Gasteiger charge is 2.29. The van der Waals surface area contributed by atoms with Crippen LogP contribution in [0, 0.1) is 34.1 Å². The van der Waals surface area contributed by atoms with E-state index >= 15 is 0 Å². The Morgan fingerprint density at radius 2 is 1.90 bits per heavy atom. The number of hydrogen-bond donors (Lipinski definition) is 4. The molecule has 6 N–H and O–H groups in total. The highest BCUT2D eigenvalue weighted by atomic mass is 16.5. The fourth-order valence-corrected chi connectivity index (χ4v) is 3.06. The number of nitrogen functional groups attached to an aromatic ring is 2. The van der Waals surface area contributed by atoms with Crippen molar-refractivity contribution in [2.75, 3.05) is 23.4 Å². The molecule has 0 saturated heterocycles. The lowest BCUT2D eigenvalue weighted by atomic mass is 9.95. The van der Waals surface area contributed by atoms with E-state index < -0.39 is 6.04 Å². The van der Waals surface area contributed by atoms with E-state index in [4.69, 9.17) is 26.7 Å². The molecule has 0 radical (unpaired) electrons. The average Bonchev–Trinajstić information content (AvgIpc) is 2.74. The summed E-state index contributed by atoms with van der Waals surface area (Å²) in [6.07, 6.45) is 3.91. The SMILES string of the molecule is N#CCCCCOc1ccc(C2N=C(NC#N)Nc3nc(N)c(C#N)c(N)c32)cc1. The molecule has 10 heteroatoms. The molecule has 3 rings (SSSR count). The van der Waals surface area contributed by atoms with E-state index in [0.29, 0.717) is 30.2 Å². The van der Waals surface area contributed by atoms with Gasteiger partial charge in [-0.2, -0.15) is 15.8 Å². The number of aliphatic imine (C=N–C) groups is 1. The van der Waals surface area contributed by atoms with E-state index in [9.17, 15) is 5.26 Å². The van der Waals surface area contributed by atoms with E-state index in [1.165, 1.54) is 0 Å². The van der Waals surface area contributed by atoms with Gasteiger partial charge in [-0.1, -0.05) is 12.1 Å². The summed E-state index contributed by atoms with van der Waals surface area (Å²) in [5.74, 6) is 1.21. The largest absolute Gasteiger partial charge is 0.494 e. The third kappa shape index (κ3) is 4.16. The quantitative estimate of drug-likeness (QED) is 0.320. The second kappa shape index (κ2) is 9.13. The summed E-state index contributed by atoms with van der Waals surface area (Å²) in [5, 5.41) is 32.2. The van der Waals surface area contributed by atoms with Crippen LogP contribution >= 0.6 is 0 Å². The van der Waals surface area contributed by atoms with Gasteiger partial charge in [0.05, 0.1) is 18.4 Å². The molecule has 0 spiro atoms.